The molecule has 1 aliphatic heterocycles. The van der Waals surface area contributed by atoms with E-state index in [0.717, 1.165) is 16.8 Å². The van der Waals surface area contributed by atoms with Crippen LogP contribution < -0.4 is 14.8 Å². The minimum atomic E-state index is -0.472. The SMILES string of the molecule is Cc1ccc(C)c(NC(=O)CSc2nnc([C@H]3COc4ccccc4O3)o2)c1. The molecule has 0 spiro atoms. The summed E-state index contributed by atoms with van der Waals surface area (Å²) in [5, 5.41) is 11.2. The molecule has 144 valence electrons. The smallest absolute Gasteiger partial charge is 0.277 e. The summed E-state index contributed by atoms with van der Waals surface area (Å²) >= 11 is 1.18. The molecule has 4 rings (SSSR count). The maximum atomic E-state index is 12.2. The van der Waals surface area contributed by atoms with E-state index in [9.17, 15) is 4.79 Å². The molecule has 28 heavy (non-hydrogen) atoms. The second-order valence-electron chi connectivity index (χ2n) is 6.43. The molecule has 2 heterocycles. The number of aromatic nitrogens is 2. The molecule has 1 N–H and O–H groups in total. The van der Waals surface area contributed by atoms with Gasteiger partial charge in [0, 0.05) is 5.69 Å². The van der Waals surface area contributed by atoms with Gasteiger partial charge in [-0.15, -0.1) is 10.2 Å². The fourth-order valence-corrected chi connectivity index (χ4v) is 3.30. The molecule has 0 fully saturated rings. The van der Waals surface area contributed by atoms with Gasteiger partial charge in [-0.1, -0.05) is 36.0 Å². The first-order valence-electron chi connectivity index (χ1n) is 8.80. The number of para-hydroxylation sites is 2. The number of carbonyl (C=O) groups is 1. The van der Waals surface area contributed by atoms with Crippen molar-refractivity contribution in [3.8, 4) is 11.5 Å². The molecule has 1 amide bonds. The van der Waals surface area contributed by atoms with E-state index in [1.807, 2.05) is 56.3 Å². The normalized spacial score (nSPS) is 15.3. The zero-order valence-corrected chi connectivity index (χ0v) is 16.3. The highest BCUT2D eigenvalue weighted by atomic mass is 32.2. The van der Waals surface area contributed by atoms with E-state index in [0.29, 0.717) is 22.6 Å². The Bertz CT molecular complexity index is 1000. The van der Waals surface area contributed by atoms with Crippen molar-refractivity contribution in [2.45, 2.75) is 25.2 Å². The monoisotopic (exact) mass is 397 g/mol. The standard InChI is InChI=1S/C20H19N3O4S/c1-12-7-8-13(2)14(9-12)21-18(24)11-28-20-23-22-19(27-20)17-10-25-15-5-3-4-6-16(15)26-17/h3-9,17H,10-11H2,1-2H3,(H,21,24)/t17-/m1/s1. The van der Waals surface area contributed by atoms with Gasteiger partial charge < -0.3 is 19.2 Å². The number of anilines is 1. The molecule has 8 heteroatoms. The van der Waals surface area contributed by atoms with Gasteiger partial charge in [0.15, 0.2) is 11.5 Å². The third-order valence-electron chi connectivity index (χ3n) is 4.20. The van der Waals surface area contributed by atoms with Gasteiger partial charge in [0.1, 0.15) is 6.61 Å². The average molecular weight is 397 g/mol. The number of nitrogens with one attached hydrogen (secondary N) is 1. The van der Waals surface area contributed by atoms with Crippen LogP contribution in [-0.2, 0) is 4.79 Å². The summed E-state index contributed by atoms with van der Waals surface area (Å²) in [6, 6.07) is 13.4. The zero-order valence-electron chi connectivity index (χ0n) is 15.5. The molecule has 0 saturated heterocycles. The fourth-order valence-electron chi connectivity index (χ4n) is 2.73. The van der Waals surface area contributed by atoms with Crippen molar-refractivity contribution in [1.29, 1.82) is 0 Å². The summed E-state index contributed by atoms with van der Waals surface area (Å²) in [4.78, 5) is 12.2. The minimum absolute atomic E-state index is 0.135. The lowest BCUT2D eigenvalue weighted by Crippen LogP contribution is -2.21. The Morgan fingerprint density at radius 1 is 1.18 bits per heavy atom. The Kier molecular flexibility index (Phi) is 5.21. The van der Waals surface area contributed by atoms with E-state index in [-0.39, 0.29) is 18.3 Å². The summed E-state index contributed by atoms with van der Waals surface area (Å²) in [6.07, 6.45) is -0.472. The Labute approximate surface area is 166 Å². The van der Waals surface area contributed by atoms with Gasteiger partial charge in [0.25, 0.3) is 11.1 Å². The van der Waals surface area contributed by atoms with Crippen LogP contribution in [0.2, 0.25) is 0 Å². The summed E-state index contributed by atoms with van der Waals surface area (Å²) in [6.45, 7) is 4.23. The van der Waals surface area contributed by atoms with E-state index >= 15 is 0 Å². The average Bonchev–Trinajstić information content (AvgIpc) is 3.18. The maximum absolute atomic E-state index is 12.2. The lowest BCUT2D eigenvalue weighted by atomic mass is 10.1. The van der Waals surface area contributed by atoms with Crippen LogP contribution in [0.25, 0.3) is 0 Å². The summed E-state index contributed by atoms with van der Waals surface area (Å²) in [5.41, 5.74) is 2.91. The van der Waals surface area contributed by atoms with Gasteiger partial charge in [-0.05, 0) is 43.2 Å². The number of fused-ring (bicyclic) bond motifs is 1. The van der Waals surface area contributed by atoms with Gasteiger partial charge in [-0.25, -0.2) is 0 Å². The summed E-state index contributed by atoms with van der Waals surface area (Å²) in [7, 11) is 0. The number of aryl methyl sites for hydroxylation is 2. The topological polar surface area (TPSA) is 86.5 Å². The van der Waals surface area contributed by atoms with E-state index in [4.69, 9.17) is 13.9 Å². The molecule has 0 unspecified atom stereocenters. The molecular weight excluding hydrogens is 378 g/mol. The molecule has 1 atom stereocenters. The number of thioether (sulfide) groups is 1. The molecule has 0 aliphatic carbocycles. The number of ether oxygens (including phenoxy) is 2. The Balaban J connectivity index is 1.34. The first kappa shape index (κ1) is 18.4. The Hall–Kier alpha value is -3.00. The van der Waals surface area contributed by atoms with Crippen LogP contribution in [0, 0.1) is 13.8 Å². The van der Waals surface area contributed by atoms with Gasteiger partial charge in [0.05, 0.1) is 5.75 Å². The first-order chi connectivity index (χ1) is 13.6. The fraction of sp³-hybridized carbons (Fsp3) is 0.250. The third-order valence-corrected chi connectivity index (χ3v) is 5.02. The van der Waals surface area contributed by atoms with E-state index in [1.165, 1.54) is 11.8 Å². The number of hydrogen-bond donors (Lipinski definition) is 1. The minimum Gasteiger partial charge on any atom is -0.485 e. The summed E-state index contributed by atoms with van der Waals surface area (Å²) < 4.78 is 17.1. The van der Waals surface area contributed by atoms with Crippen molar-refractivity contribution in [2.24, 2.45) is 0 Å². The maximum Gasteiger partial charge on any atom is 0.277 e. The number of rotatable bonds is 5. The second-order valence-corrected chi connectivity index (χ2v) is 7.35. The molecule has 1 aromatic heterocycles. The highest BCUT2D eigenvalue weighted by molar-refractivity contribution is 7.99. The van der Waals surface area contributed by atoms with Crippen molar-refractivity contribution >= 4 is 23.4 Å². The predicted octanol–water partition coefficient (Wildman–Crippen LogP) is 3.93. The largest absolute Gasteiger partial charge is 0.485 e. The van der Waals surface area contributed by atoms with Crippen molar-refractivity contribution in [3.63, 3.8) is 0 Å². The van der Waals surface area contributed by atoms with Crippen molar-refractivity contribution < 1.29 is 18.7 Å². The zero-order chi connectivity index (χ0) is 19.5. The second kappa shape index (κ2) is 7.93. The third kappa shape index (κ3) is 4.12. The number of benzene rings is 2. The van der Waals surface area contributed by atoms with Crippen molar-refractivity contribution in [2.75, 3.05) is 17.7 Å². The molecule has 0 radical (unpaired) electrons. The van der Waals surface area contributed by atoms with Crippen LogP contribution in [-0.4, -0.2) is 28.5 Å². The van der Waals surface area contributed by atoms with Crippen molar-refractivity contribution in [3.05, 3.63) is 59.5 Å². The van der Waals surface area contributed by atoms with Gasteiger partial charge in [-0.2, -0.15) is 0 Å². The first-order valence-corrected chi connectivity index (χ1v) is 9.79. The lowest BCUT2D eigenvalue weighted by Gasteiger charge is -2.23. The van der Waals surface area contributed by atoms with Crippen LogP contribution in [0.15, 0.2) is 52.1 Å². The van der Waals surface area contributed by atoms with Crippen LogP contribution in [0.1, 0.15) is 23.1 Å². The van der Waals surface area contributed by atoms with Crippen LogP contribution >= 0.6 is 11.8 Å². The molecule has 0 bridgehead atoms. The molecule has 3 aromatic rings. The van der Waals surface area contributed by atoms with Gasteiger partial charge in [0.2, 0.25) is 12.0 Å². The van der Waals surface area contributed by atoms with E-state index in [2.05, 4.69) is 15.5 Å². The van der Waals surface area contributed by atoms with E-state index in [1.54, 1.807) is 0 Å². The molecule has 2 aromatic carbocycles. The van der Waals surface area contributed by atoms with Crippen molar-refractivity contribution in [1.82, 2.24) is 10.2 Å². The quantitative estimate of drug-likeness (QED) is 0.653. The number of nitrogens with zero attached hydrogens (tertiary/aromatic N) is 2. The number of amides is 1. The predicted molar refractivity (Wildman–Crippen MR) is 105 cm³/mol. The summed E-state index contributed by atoms with van der Waals surface area (Å²) in [5.74, 6) is 1.69. The molecular formula is C20H19N3O4S. The van der Waals surface area contributed by atoms with Gasteiger partial charge in [-0.3, -0.25) is 4.79 Å². The van der Waals surface area contributed by atoms with E-state index < -0.39 is 6.10 Å². The lowest BCUT2D eigenvalue weighted by molar-refractivity contribution is -0.113. The highest BCUT2D eigenvalue weighted by Gasteiger charge is 2.27. The molecule has 7 nitrogen and oxygen atoms in total. The number of carbonyl (C=O) groups excluding carboxylic acids is 1. The van der Waals surface area contributed by atoms with Crippen LogP contribution in [0.5, 0.6) is 11.5 Å². The number of hydrogen-bond acceptors (Lipinski definition) is 7. The van der Waals surface area contributed by atoms with Crippen LogP contribution in [0.4, 0.5) is 5.69 Å². The van der Waals surface area contributed by atoms with Gasteiger partial charge >= 0.3 is 0 Å². The Morgan fingerprint density at radius 3 is 2.86 bits per heavy atom. The highest BCUT2D eigenvalue weighted by Crippen LogP contribution is 2.35. The molecule has 1 aliphatic rings. The Morgan fingerprint density at radius 2 is 2.00 bits per heavy atom. The van der Waals surface area contributed by atoms with Crippen LogP contribution in [0.3, 0.4) is 0 Å². The molecule has 0 saturated carbocycles.